The minimum Gasteiger partial charge on any atom is -0.368 e. The van der Waals surface area contributed by atoms with Gasteiger partial charge < -0.3 is 15.1 Å². The van der Waals surface area contributed by atoms with Gasteiger partial charge in [0.05, 0.1) is 4.92 Å². The number of carbonyl (C=O) groups is 2. The van der Waals surface area contributed by atoms with Gasteiger partial charge in [0, 0.05) is 60.8 Å². The average molecular weight is 487 g/mol. The van der Waals surface area contributed by atoms with Crippen molar-refractivity contribution >= 4 is 28.9 Å². The van der Waals surface area contributed by atoms with Crippen LogP contribution in [0.5, 0.6) is 0 Å². The molecule has 1 fully saturated rings. The highest BCUT2D eigenvalue weighted by Crippen LogP contribution is 2.24. The van der Waals surface area contributed by atoms with Crippen LogP contribution >= 0.6 is 0 Å². The smallest absolute Gasteiger partial charge is 0.269 e. The molecule has 8 nitrogen and oxygen atoms in total. The maximum atomic E-state index is 13.0. The van der Waals surface area contributed by atoms with Gasteiger partial charge in [0.25, 0.3) is 17.5 Å². The van der Waals surface area contributed by atoms with E-state index in [-0.39, 0.29) is 22.9 Å². The van der Waals surface area contributed by atoms with E-state index in [0.29, 0.717) is 29.9 Å². The van der Waals surface area contributed by atoms with Crippen LogP contribution in [0.1, 0.15) is 47.1 Å². The monoisotopic (exact) mass is 486 g/mol. The summed E-state index contributed by atoms with van der Waals surface area (Å²) >= 11 is 0. The first-order valence-corrected chi connectivity index (χ1v) is 11.9. The molecule has 8 heteroatoms. The summed E-state index contributed by atoms with van der Waals surface area (Å²) in [6.07, 6.45) is 0. The molecule has 0 atom stereocenters. The fourth-order valence-corrected chi connectivity index (χ4v) is 4.16. The number of piperazine rings is 1. The van der Waals surface area contributed by atoms with Crippen molar-refractivity contribution in [1.82, 2.24) is 4.90 Å². The third kappa shape index (κ3) is 5.71. The van der Waals surface area contributed by atoms with Crippen molar-refractivity contribution in [2.24, 2.45) is 0 Å². The lowest BCUT2D eigenvalue weighted by molar-refractivity contribution is -0.384. The van der Waals surface area contributed by atoms with Crippen molar-refractivity contribution < 1.29 is 14.5 Å². The van der Waals surface area contributed by atoms with E-state index in [1.54, 1.807) is 0 Å². The van der Waals surface area contributed by atoms with Crippen molar-refractivity contribution in [3.05, 3.63) is 99.6 Å². The van der Waals surface area contributed by atoms with Gasteiger partial charge in [-0.1, -0.05) is 32.9 Å². The van der Waals surface area contributed by atoms with Crippen molar-refractivity contribution in [3.8, 4) is 0 Å². The molecular weight excluding hydrogens is 456 g/mol. The average Bonchev–Trinajstić information content (AvgIpc) is 2.88. The van der Waals surface area contributed by atoms with Crippen LogP contribution in [0.3, 0.4) is 0 Å². The molecule has 3 aromatic rings. The summed E-state index contributed by atoms with van der Waals surface area (Å²) in [5.41, 5.74) is 3.91. The van der Waals surface area contributed by atoms with Crippen molar-refractivity contribution in [2.75, 3.05) is 36.4 Å². The van der Waals surface area contributed by atoms with E-state index in [1.807, 2.05) is 53.4 Å². The molecule has 1 aliphatic heterocycles. The van der Waals surface area contributed by atoms with Gasteiger partial charge in [-0.15, -0.1) is 0 Å². The summed E-state index contributed by atoms with van der Waals surface area (Å²) in [7, 11) is 0. The van der Waals surface area contributed by atoms with Crippen LogP contribution in [0.2, 0.25) is 0 Å². The highest BCUT2D eigenvalue weighted by atomic mass is 16.6. The Labute approximate surface area is 210 Å². The quantitative estimate of drug-likeness (QED) is 0.400. The molecule has 1 saturated heterocycles. The van der Waals surface area contributed by atoms with Gasteiger partial charge in [0.2, 0.25) is 0 Å². The van der Waals surface area contributed by atoms with E-state index >= 15 is 0 Å². The maximum Gasteiger partial charge on any atom is 0.269 e. The Bertz CT molecular complexity index is 1240. The number of nitro benzene ring substituents is 1. The number of hydrogen-bond acceptors (Lipinski definition) is 5. The number of carbonyl (C=O) groups excluding carboxylic acids is 2. The zero-order valence-electron chi connectivity index (χ0n) is 20.7. The Morgan fingerprint density at radius 3 is 1.89 bits per heavy atom. The number of non-ortho nitro benzene ring substituents is 1. The van der Waals surface area contributed by atoms with Gasteiger partial charge in [-0.05, 0) is 59.5 Å². The number of rotatable bonds is 5. The molecule has 0 saturated carbocycles. The van der Waals surface area contributed by atoms with E-state index in [9.17, 15) is 19.7 Å². The molecule has 1 heterocycles. The number of anilines is 2. The van der Waals surface area contributed by atoms with E-state index in [4.69, 9.17) is 0 Å². The number of nitro groups is 1. The summed E-state index contributed by atoms with van der Waals surface area (Å²) < 4.78 is 0. The molecule has 1 N–H and O–H groups in total. The number of benzene rings is 3. The predicted molar refractivity (Wildman–Crippen MR) is 141 cm³/mol. The van der Waals surface area contributed by atoms with Crippen molar-refractivity contribution in [2.45, 2.75) is 26.2 Å². The van der Waals surface area contributed by atoms with Crippen LogP contribution in [0.4, 0.5) is 17.1 Å². The SMILES string of the molecule is CC(C)(C)c1ccc(C(=O)N2CCN(c3ccc(NC(=O)c4ccc([N+](=O)[O-])cc4)cc3)CC2)cc1. The largest absolute Gasteiger partial charge is 0.368 e. The van der Waals surface area contributed by atoms with Crippen LogP contribution in [-0.4, -0.2) is 47.8 Å². The van der Waals surface area contributed by atoms with Crippen LogP contribution in [0.15, 0.2) is 72.8 Å². The zero-order chi connectivity index (χ0) is 25.9. The zero-order valence-corrected chi connectivity index (χ0v) is 20.7. The molecule has 0 aromatic heterocycles. The fourth-order valence-electron chi connectivity index (χ4n) is 4.16. The predicted octanol–water partition coefficient (Wildman–Crippen LogP) is 5.11. The number of nitrogens with zero attached hydrogens (tertiary/aromatic N) is 3. The van der Waals surface area contributed by atoms with Crippen molar-refractivity contribution in [3.63, 3.8) is 0 Å². The van der Waals surface area contributed by atoms with Gasteiger partial charge >= 0.3 is 0 Å². The molecule has 4 rings (SSSR count). The topological polar surface area (TPSA) is 95.8 Å². The second kappa shape index (κ2) is 10.2. The molecule has 0 aliphatic carbocycles. The second-order valence-electron chi connectivity index (χ2n) is 9.91. The molecule has 0 unspecified atom stereocenters. The Morgan fingerprint density at radius 2 is 1.36 bits per heavy atom. The lowest BCUT2D eigenvalue weighted by atomic mass is 9.86. The van der Waals surface area contributed by atoms with Crippen molar-refractivity contribution in [1.29, 1.82) is 0 Å². The first kappa shape index (κ1) is 24.9. The number of hydrogen-bond donors (Lipinski definition) is 1. The standard InChI is InChI=1S/C28H30N4O4/c1-28(2,3)22-8-4-21(5-9-22)27(34)31-18-16-30(17-19-31)24-14-10-23(11-15-24)29-26(33)20-6-12-25(13-7-20)32(35)36/h4-15H,16-19H2,1-3H3,(H,29,33). The lowest BCUT2D eigenvalue weighted by Gasteiger charge is -2.36. The first-order chi connectivity index (χ1) is 17.1. The van der Waals surface area contributed by atoms with E-state index < -0.39 is 4.92 Å². The molecule has 1 aliphatic rings. The first-order valence-electron chi connectivity index (χ1n) is 11.9. The van der Waals surface area contributed by atoms with Gasteiger partial charge in [0.15, 0.2) is 0 Å². The highest BCUT2D eigenvalue weighted by molar-refractivity contribution is 6.04. The molecule has 2 amide bonds. The number of nitrogens with one attached hydrogen (secondary N) is 1. The fraction of sp³-hybridized carbons (Fsp3) is 0.286. The molecule has 0 radical (unpaired) electrons. The van der Waals surface area contributed by atoms with E-state index in [1.165, 1.54) is 29.8 Å². The Morgan fingerprint density at radius 1 is 0.806 bits per heavy atom. The van der Waals surface area contributed by atoms with Crippen LogP contribution in [-0.2, 0) is 5.41 Å². The normalized spacial score (nSPS) is 13.9. The highest BCUT2D eigenvalue weighted by Gasteiger charge is 2.23. The molecule has 36 heavy (non-hydrogen) atoms. The van der Waals surface area contributed by atoms with Crippen LogP contribution < -0.4 is 10.2 Å². The second-order valence-corrected chi connectivity index (χ2v) is 9.91. The Kier molecular flexibility index (Phi) is 7.05. The van der Waals surface area contributed by atoms with E-state index in [2.05, 4.69) is 31.0 Å². The van der Waals surface area contributed by atoms with Gasteiger partial charge in [0.1, 0.15) is 0 Å². The summed E-state index contributed by atoms with van der Waals surface area (Å²) in [5.74, 6) is -0.278. The molecule has 0 spiro atoms. The summed E-state index contributed by atoms with van der Waals surface area (Å²) in [5, 5.41) is 13.6. The number of amides is 2. The maximum absolute atomic E-state index is 13.0. The molecule has 3 aromatic carbocycles. The molecular formula is C28H30N4O4. The minimum absolute atomic E-state index is 0.0519. The third-order valence-electron chi connectivity index (χ3n) is 6.40. The van der Waals surface area contributed by atoms with Gasteiger partial charge in [-0.25, -0.2) is 0 Å². The lowest BCUT2D eigenvalue weighted by Crippen LogP contribution is -2.48. The summed E-state index contributed by atoms with van der Waals surface area (Å²) in [6.45, 7) is 9.19. The van der Waals surface area contributed by atoms with Crippen LogP contribution in [0, 0.1) is 10.1 Å². The summed E-state index contributed by atoms with van der Waals surface area (Å²) in [6, 6.07) is 20.9. The van der Waals surface area contributed by atoms with Gasteiger partial charge in [-0.2, -0.15) is 0 Å². The summed E-state index contributed by atoms with van der Waals surface area (Å²) in [4.78, 5) is 39.8. The van der Waals surface area contributed by atoms with Crippen LogP contribution in [0.25, 0.3) is 0 Å². The third-order valence-corrected chi connectivity index (χ3v) is 6.40. The Balaban J connectivity index is 1.31. The minimum atomic E-state index is -0.500. The molecule has 186 valence electrons. The molecule has 0 bridgehead atoms. The van der Waals surface area contributed by atoms with Gasteiger partial charge in [-0.3, -0.25) is 19.7 Å². The Hall–Kier alpha value is -4.20. The van der Waals surface area contributed by atoms with E-state index in [0.717, 1.165) is 18.8 Å².